The lowest BCUT2D eigenvalue weighted by Gasteiger charge is -2.12. The molecule has 0 aliphatic rings. The number of aromatic nitrogens is 2. The molecule has 1 rings (SSSR count). The number of guanidine groups is 1. The summed E-state index contributed by atoms with van der Waals surface area (Å²) in [5, 5.41) is 10.3. The maximum absolute atomic E-state index is 11.2. The quantitative estimate of drug-likeness (QED) is 0.320. The molecule has 21 heavy (non-hydrogen) atoms. The number of nitrogens with one attached hydrogen (secondary N) is 3. The van der Waals surface area contributed by atoms with Crippen LogP contribution in [0.1, 0.15) is 13.3 Å². The highest BCUT2D eigenvalue weighted by atomic mass is 32.2. The van der Waals surface area contributed by atoms with Gasteiger partial charge in [-0.3, -0.25) is 9.67 Å². The molecule has 0 atom stereocenters. The van der Waals surface area contributed by atoms with E-state index in [1.54, 1.807) is 20.2 Å². The predicted octanol–water partition coefficient (Wildman–Crippen LogP) is -0.622. The number of hydrogen-bond acceptors (Lipinski definition) is 4. The lowest BCUT2D eigenvalue weighted by Crippen LogP contribution is -2.42. The zero-order valence-electron chi connectivity index (χ0n) is 12.5. The molecule has 0 spiro atoms. The molecular weight excluding hydrogens is 292 g/mol. The van der Waals surface area contributed by atoms with Crippen molar-refractivity contribution in [2.45, 2.75) is 19.9 Å². The summed E-state index contributed by atoms with van der Waals surface area (Å²) in [6, 6.07) is 1.89. The number of rotatable bonds is 9. The largest absolute Gasteiger partial charge is 0.356 e. The van der Waals surface area contributed by atoms with Crippen LogP contribution >= 0.6 is 0 Å². The summed E-state index contributed by atoms with van der Waals surface area (Å²) in [4.78, 5) is 4.07. The Balaban J connectivity index is 2.12. The van der Waals surface area contributed by atoms with Gasteiger partial charge in [0.25, 0.3) is 0 Å². The van der Waals surface area contributed by atoms with Gasteiger partial charge in [0.05, 0.1) is 5.75 Å². The minimum absolute atomic E-state index is 0.0907. The molecule has 0 unspecified atom stereocenters. The van der Waals surface area contributed by atoms with Crippen LogP contribution < -0.4 is 15.4 Å². The summed E-state index contributed by atoms with van der Waals surface area (Å²) in [5.74, 6) is 0.749. The first kappa shape index (κ1) is 17.4. The Hall–Kier alpha value is -1.61. The maximum Gasteiger partial charge on any atom is 0.211 e. The van der Waals surface area contributed by atoms with Gasteiger partial charge in [-0.15, -0.1) is 0 Å². The van der Waals surface area contributed by atoms with Gasteiger partial charge >= 0.3 is 0 Å². The molecule has 0 saturated heterocycles. The highest BCUT2D eigenvalue weighted by Crippen LogP contribution is 1.87. The normalized spacial score (nSPS) is 12.4. The Morgan fingerprint density at radius 2 is 2.05 bits per heavy atom. The molecule has 0 aliphatic heterocycles. The second-order valence-corrected chi connectivity index (χ2v) is 6.44. The van der Waals surface area contributed by atoms with Crippen molar-refractivity contribution in [2.24, 2.45) is 4.99 Å². The van der Waals surface area contributed by atoms with Crippen molar-refractivity contribution in [3.8, 4) is 0 Å². The van der Waals surface area contributed by atoms with Crippen LogP contribution in [-0.4, -0.2) is 56.6 Å². The van der Waals surface area contributed by atoms with E-state index in [-0.39, 0.29) is 5.75 Å². The molecule has 1 aromatic heterocycles. The highest BCUT2D eigenvalue weighted by Gasteiger charge is 2.04. The second-order valence-electron chi connectivity index (χ2n) is 4.35. The molecule has 120 valence electrons. The fourth-order valence-electron chi connectivity index (χ4n) is 1.59. The van der Waals surface area contributed by atoms with Crippen molar-refractivity contribution in [3.05, 3.63) is 18.5 Å². The molecule has 3 N–H and O–H groups in total. The molecule has 0 amide bonds. The average Bonchev–Trinajstić information content (AvgIpc) is 2.99. The molecule has 0 saturated carbocycles. The van der Waals surface area contributed by atoms with Crippen molar-refractivity contribution < 1.29 is 8.42 Å². The first-order chi connectivity index (χ1) is 10.1. The monoisotopic (exact) mass is 316 g/mol. The summed E-state index contributed by atoms with van der Waals surface area (Å²) in [6.07, 6.45) is 4.60. The van der Waals surface area contributed by atoms with Gasteiger partial charge < -0.3 is 10.6 Å². The lowest BCUT2D eigenvalue weighted by molar-refractivity contribution is 0.569. The summed E-state index contributed by atoms with van der Waals surface area (Å²) in [6.45, 7) is 4.03. The topological polar surface area (TPSA) is 100 Å². The van der Waals surface area contributed by atoms with Gasteiger partial charge in [-0.05, 0) is 19.4 Å². The summed E-state index contributed by atoms with van der Waals surface area (Å²) in [7, 11) is -1.45. The zero-order valence-corrected chi connectivity index (χ0v) is 13.4. The Labute approximate surface area is 126 Å². The van der Waals surface area contributed by atoms with Gasteiger partial charge in [0, 0.05) is 45.6 Å². The molecule has 1 heterocycles. The Morgan fingerprint density at radius 3 is 2.67 bits per heavy atom. The van der Waals surface area contributed by atoms with Crippen LogP contribution in [0.2, 0.25) is 0 Å². The van der Waals surface area contributed by atoms with Gasteiger partial charge in [0.2, 0.25) is 10.0 Å². The van der Waals surface area contributed by atoms with Crippen LogP contribution in [0, 0.1) is 0 Å². The zero-order chi connectivity index (χ0) is 15.6. The fourth-order valence-corrected chi connectivity index (χ4v) is 2.21. The molecule has 0 bridgehead atoms. The smallest absolute Gasteiger partial charge is 0.211 e. The standard InChI is InChI=1S/C12H24N6O2S/c1-3-21(19,20)17-9-8-15-12(13-2)14-6-4-10-18-11-5-7-16-18/h5,7,11,17H,3-4,6,8-10H2,1-2H3,(H2,13,14,15). The van der Waals surface area contributed by atoms with E-state index in [0.29, 0.717) is 19.0 Å². The Bertz CT molecular complexity index is 512. The number of hydrogen-bond donors (Lipinski definition) is 3. The number of nitrogens with zero attached hydrogens (tertiary/aromatic N) is 3. The number of aliphatic imine (C=N–C) groups is 1. The minimum atomic E-state index is -3.13. The van der Waals surface area contributed by atoms with Gasteiger partial charge in [-0.1, -0.05) is 0 Å². The number of aryl methyl sites for hydroxylation is 1. The SMILES string of the molecule is CCS(=O)(=O)NCCNC(=NC)NCCCn1cccn1. The van der Waals surface area contributed by atoms with Crippen molar-refractivity contribution in [1.82, 2.24) is 25.1 Å². The van der Waals surface area contributed by atoms with E-state index < -0.39 is 10.0 Å². The molecule has 0 aromatic carbocycles. The molecular formula is C12H24N6O2S. The van der Waals surface area contributed by atoms with E-state index in [1.807, 2.05) is 16.9 Å². The first-order valence-corrected chi connectivity index (χ1v) is 8.62. The molecule has 1 aromatic rings. The van der Waals surface area contributed by atoms with E-state index in [9.17, 15) is 8.42 Å². The van der Waals surface area contributed by atoms with Crippen LogP contribution in [0.5, 0.6) is 0 Å². The molecule has 9 heteroatoms. The van der Waals surface area contributed by atoms with Crippen LogP contribution in [0.4, 0.5) is 0 Å². The van der Waals surface area contributed by atoms with Crippen molar-refractivity contribution in [2.75, 3.05) is 32.4 Å². The Morgan fingerprint density at radius 1 is 1.29 bits per heavy atom. The number of sulfonamides is 1. The predicted molar refractivity (Wildman–Crippen MR) is 83.7 cm³/mol. The molecule has 0 radical (unpaired) electrons. The van der Waals surface area contributed by atoms with E-state index in [1.165, 1.54) is 0 Å². The van der Waals surface area contributed by atoms with Crippen molar-refractivity contribution >= 4 is 16.0 Å². The van der Waals surface area contributed by atoms with Gasteiger partial charge in [0.15, 0.2) is 5.96 Å². The first-order valence-electron chi connectivity index (χ1n) is 6.96. The summed E-state index contributed by atoms with van der Waals surface area (Å²) >= 11 is 0. The van der Waals surface area contributed by atoms with Gasteiger partial charge in [-0.25, -0.2) is 13.1 Å². The van der Waals surface area contributed by atoms with E-state index in [0.717, 1.165) is 19.5 Å². The van der Waals surface area contributed by atoms with Crippen LogP contribution in [0.3, 0.4) is 0 Å². The average molecular weight is 316 g/mol. The molecule has 0 aliphatic carbocycles. The van der Waals surface area contributed by atoms with E-state index >= 15 is 0 Å². The van der Waals surface area contributed by atoms with Crippen LogP contribution in [0.15, 0.2) is 23.5 Å². The molecule has 8 nitrogen and oxygen atoms in total. The van der Waals surface area contributed by atoms with Crippen LogP contribution in [-0.2, 0) is 16.6 Å². The van der Waals surface area contributed by atoms with Gasteiger partial charge in [0.1, 0.15) is 0 Å². The third kappa shape index (κ3) is 7.66. The lowest BCUT2D eigenvalue weighted by atomic mass is 10.4. The van der Waals surface area contributed by atoms with E-state index in [4.69, 9.17) is 0 Å². The summed E-state index contributed by atoms with van der Waals surface area (Å²) in [5.41, 5.74) is 0. The van der Waals surface area contributed by atoms with Crippen molar-refractivity contribution in [3.63, 3.8) is 0 Å². The maximum atomic E-state index is 11.2. The molecule has 0 fully saturated rings. The van der Waals surface area contributed by atoms with E-state index in [2.05, 4.69) is 25.4 Å². The van der Waals surface area contributed by atoms with Gasteiger partial charge in [-0.2, -0.15) is 5.10 Å². The Kier molecular flexibility index (Phi) is 7.76. The second kappa shape index (κ2) is 9.35. The van der Waals surface area contributed by atoms with Crippen LogP contribution in [0.25, 0.3) is 0 Å². The summed E-state index contributed by atoms with van der Waals surface area (Å²) < 4.78 is 26.8. The third-order valence-corrected chi connectivity index (χ3v) is 4.16. The fraction of sp³-hybridized carbons (Fsp3) is 0.667. The van der Waals surface area contributed by atoms with Crippen molar-refractivity contribution in [1.29, 1.82) is 0 Å². The minimum Gasteiger partial charge on any atom is -0.356 e. The third-order valence-electron chi connectivity index (χ3n) is 2.76. The highest BCUT2D eigenvalue weighted by molar-refractivity contribution is 7.89.